The van der Waals surface area contributed by atoms with Crippen molar-refractivity contribution in [2.75, 3.05) is 26.5 Å². The molecule has 2 N–H and O–H groups in total. The van der Waals surface area contributed by atoms with Gasteiger partial charge >= 0.3 is 0 Å². The molecular formula is C19H24BrNO3S. The Kier molecular flexibility index (Phi) is 9.63. The largest absolute Gasteiger partial charge is 0.507 e. The number of benzene rings is 2. The van der Waals surface area contributed by atoms with Crippen molar-refractivity contribution < 1.29 is 14.6 Å². The average molecular weight is 426 g/mol. The normalized spacial score (nSPS) is 10.2. The number of halogens is 1. The molecular weight excluding hydrogens is 402 g/mol. The zero-order chi connectivity index (χ0) is 17.4. The van der Waals surface area contributed by atoms with Crippen LogP contribution >= 0.6 is 28.7 Å². The summed E-state index contributed by atoms with van der Waals surface area (Å²) >= 11 is 1.43. The Morgan fingerprint density at radius 1 is 1.20 bits per heavy atom. The van der Waals surface area contributed by atoms with Crippen molar-refractivity contribution in [2.24, 2.45) is 0 Å². The summed E-state index contributed by atoms with van der Waals surface area (Å²) in [6.07, 6.45) is 3.80. The number of Topliss-reactive ketones (excluding diaryl/α,β-unsaturated/α-hetero) is 1. The smallest absolute Gasteiger partial charge is 0.176 e. The van der Waals surface area contributed by atoms with Crippen molar-refractivity contribution >= 4 is 34.5 Å². The molecule has 4 nitrogen and oxygen atoms in total. The van der Waals surface area contributed by atoms with Gasteiger partial charge in [0.05, 0.1) is 13.7 Å². The summed E-state index contributed by atoms with van der Waals surface area (Å²) in [5.41, 5.74) is 1.88. The van der Waals surface area contributed by atoms with Crippen molar-refractivity contribution in [1.29, 1.82) is 0 Å². The minimum Gasteiger partial charge on any atom is -0.507 e. The highest BCUT2D eigenvalue weighted by Crippen LogP contribution is 2.27. The van der Waals surface area contributed by atoms with E-state index in [0.717, 1.165) is 30.0 Å². The highest BCUT2D eigenvalue weighted by Gasteiger charge is 2.08. The zero-order valence-electron chi connectivity index (χ0n) is 14.5. The van der Waals surface area contributed by atoms with Crippen LogP contribution in [0.5, 0.6) is 11.5 Å². The number of aromatic hydroxyl groups is 1. The molecule has 0 saturated heterocycles. The van der Waals surface area contributed by atoms with Crippen molar-refractivity contribution in [2.45, 2.75) is 17.7 Å². The molecule has 2 aromatic rings. The molecule has 0 unspecified atom stereocenters. The summed E-state index contributed by atoms with van der Waals surface area (Å²) < 4.78 is 5.14. The van der Waals surface area contributed by atoms with E-state index < -0.39 is 0 Å². The summed E-state index contributed by atoms with van der Waals surface area (Å²) in [6.45, 7) is 1.09. The first-order chi connectivity index (χ1) is 11.6. The van der Waals surface area contributed by atoms with Gasteiger partial charge in [-0.1, -0.05) is 12.1 Å². The monoisotopic (exact) mass is 425 g/mol. The molecule has 0 amide bonds. The molecule has 0 saturated carbocycles. The standard InChI is InChI=1S/C19H23NO3S.BrH/c1-23-16-8-5-14(6-9-16)4-3-11-20-13-18(22)15-7-10-17(21)19(12-15)24-2;/h5-10,12,20-21H,3-4,11,13H2,1-2H3;1H. The van der Waals surface area contributed by atoms with Crippen molar-refractivity contribution in [3.05, 3.63) is 53.6 Å². The minimum absolute atomic E-state index is 0. The molecule has 2 aromatic carbocycles. The van der Waals surface area contributed by atoms with E-state index in [1.807, 2.05) is 18.4 Å². The van der Waals surface area contributed by atoms with Crippen LogP contribution in [0.1, 0.15) is 22.3 Å². The van der Waals surface area contributed by atoms with Crippen LogP contribution in [0.25, 0.3) is 0 Å². The van der Waals surface area contributed by atoms with Crippen LogP contribution in [0.2, 0.25) is 0 Å². The number of nitrogens with one attached hydrogen (secondary N) is 1. The molecule has 0 bridgehead atoms. The van der Waals surface area contributed by atoms with E-state index in [2.05, 4.69) is 17.4 Å². The number of carbonyl (C=O) groups is 1. The molecule has 25 heavy (non-hydrogen) atoms. The van der Waals surface area contributed by atoms with Crippen LogP contribution < -0.4 is 10.1 Å². The van der Waals surface area contributed by atoms with Crippen LogP contribution in [0, 0.1) is 0 Å². The van der Waals surface area contributed by atoms with E-state index in [1.165, 1.54) is 17.3 Å². The Balaban J connectivity index is 0.00000312. The first-order valence-electron chi connectivity index (χ1n) is 7.88. The van der Waals surface area contributed by atoms with Crippen LogP contribution in [-0.2, 0) is 6.42 Å². The van der Waals surface area contributed by atoms with E-state index in [0.29, 0.717) is 12.1 Å². The van der Waals surface area contributed by atoms with Crippen LogP contribution in [0.3, 0.4) is 0 Å². The quantitative estimate of drug-likeness (QED) is 0.359. The van der Waals surface area contributed by atoms with Crippen molar-refractivity contribution in [3.63, 3.8) is 0 Å². The lowest BCUT2D eigenvalue weighted by Crippen LogP contribution is -2.24. The van der Waals surface area contributed by atoms with Gasteiger partial charge in [0.2, 0.25) is 0 Å². The number of carbonyl (C=O) groups excluding carboxylic acids is 1. The number of phenolic OH excluding ortho intramolecular Hbond substituents is 1. The summed E-state index contributed by atoms with van der Waals surface area (Å²) in [5, 5.41) is 12.8. The molecule has 0 aliphatic heterocycles. The third-order valence-electron chi connectivity index (χ3n) is 3.77. The predicted molar refractivity (Wildman–Crippen MR) is 109 cm³/mol. The maximum absolute atomic E-state index is 12.2. The van der Waals surface area contributed by atoms with E-state index in [-0.39, 0.29) is 28.5 Å². The average Bonchev–Trinajstić information content (AvgIpc) is 2.62. The number of hydrogen-bond donors (Lipinski definition) is 2. The Morgan fingerprint density at radius 3 is 2.56 bits per heavy atom. The van der Waals surface area contributed by atoms with Gasteiger partial charge in [0.25, 0.3) is 0 Å². The Bertz CT molecular complexity index is 677. The van der Waals surface area contributed by atoms with Gasteiger partial charge < -0.3 is 15.2 Å². The highest BCUT2D eigenvalue weighted by molar-refractivity contribution is 8.93. The summed E-state index contributed by atoms with van der Waals surface area (Å²) in [4.78, 5) is 12.9. The van der Waals surface area contributed by atoms with E-state index in [9.17, 15) is 9.90 Å². The lowest BCUT2D eigenvalue weighted by molar-refractivity contribution is 0.0991. The first kappa shape index (κ1) is 21.5. The van der Waals surface area contributed by atoms with Crippen LogP contribution in [0.15, 0.2) is 47.4 Å². The van der Waals surface area contributed by atoms with Crippen molar-refractivity contribution in [1.82, 2.24) is 5.32 Å². The topological polar surface area (TPSA) is 58.6 Å². The number of ether oxygens (including phenoxy) is 1. The fourth-order valence-corrected chi connectivity index (χ4v) is 2.89. The van der Waals surface area contributed by atoms with Crippen LogP contribution in [-0.4, -0.2) is 37.3 Å². The molecule has 0 aliphatic carbocycles. The summed E-state index contributed by atoms with van der Waals surface area (Å²) in [6, 6.07) is 13.0. The second-order valence-corrected chi connectivity index (χ2v) is 6.29. The Morgan fingerprint density at radius 2 is 1.92 bits per heavy atom. The lowest BCUT2D eigenvalue weighted by Gasteiger charge is -2.07. The molecule has 6 heteroatoms. The molecule has 0 heterocycles. The molecule has 136 valence electrons. The maximum Gasteiger partial charge on any atom is 0.176 e. The highest BCUT2D eigenvalue weighted by atomic mass is 79.9. The second-order valence-electron chi connectivity index (χ2n) is 5.44. The Labute approximate surface area is 163 Å². The predicted octanol–water partition coefficient (Wildman–Crippen LogP) is 4.11. The summed E-state index contributed by atoms with van der Waals surface area (Å²) in [5.74, 6) is 1.11. The molecule has 2 rings (SSSR count). The number of rotatable bonds is 9. The molecule has 0 aliphatic rings. The van der Waals surface area contributed by atoms with Gasteiger partial charge in [-0.3, -0.25) is 4.79 Å². The van der Waals surface area contributed by atoms with Crippen LogP contribution in [0.4, 0.5) is 0 Å². The number of hydrogen-bond acceptors (Lipinski definition) is 5. The van der Waals surface area contributed by atoms with Gasteiger partial charge in [0, 0.05) is 10.5 Å². The first-order valence-corrected chi connectivity index (χ1v) is 9.10. The van der Waals surface area contributed by atoms with E-state index in [4.69, 9.17) is 4.74 Å². The molecule has 0 atom stereocenters. The number of phenols is 1. The van der Waals surface area contributed by atoms with Gasteiger partial charge in [-0.15, -0.1) is 28.7 Å². The van der Waals surface area contributed by atoms with Gasteiger partial charge in [0.1, 0.15) is 11.5 Å². The van der Waals surface area contributed by atoms with E-state index in [1.54, 1.807) is 25.3 Å². The number of methoxy groups -OCH3 is 1. The maximum atomic E-state index is 12.2. The molecule has 0 aromatic heterocycles. The zero-order valence-corrected chi connectivity index (χ0v) is 17.0. The summed E-state index contributed by atoms with van der Waals surface area (Å²) in [7, 11) is 1.66. The second kappa shape index (κ2) is 11.2. The third kappa shape index (κ3) is 6.72. The lowest BCUT2D eigenvalue weighted by atomic mass is 10.1. The number of ketones is 1. The van der Waals surface area contributed by atoms with E-state index >= 15 is 0 Å². The molecule has 0 radical (unpaired) electrons. The van der Waals surface area contributed by atoms with Crippen molar-refractivity contribution in [3.8, 4) is 11.5 Å². The SMILES string of the molecule is Br.COc1ccc(CCCNCC(=O)c2ccc(O)c(SC)c2)cc1. The van der Waals surface area contributed by atoms with Gasteiger partial charge in [0.15, 0.2) is 5.78 Å². The fraction of sp³-hybridized carbons (Fsp3) is 0.316. The molecule has 0 fully saturated rings. The van der Waals surface area contributed by atoms with Gasteiger partial charge in [-0.25, -0.2) is 0 Å². The Hall–Kier alpha value is -1.50. The third-order valence-corrected chi connectivity index (χ3v) is 4.53. The van der Waals surface area contributed by atoms with Gasteiger partial charge in [-0.2, -0.15) is 0 Å². The fourth-order valence-electron chi connectivity index (χ4n) is 2.36. The number of aryl methyl sites for hydroxylation is 1. The minimum atomic E-state index is 0. The van der Waals surface area contributed by atoms with Gasteiger partial charge in [-0.05, 0) is 61.5 Å². The number of thioether (sulfide) groups is 1. The molecule has 0 spiro atoms.